The average molecular weight is 571 g/mol. The van der Waals surface area contributed by atoms with Crippen LogP contribution in [0.1, 0.15) is 26.3 Å². The maximum Gasteiger partial charge on any atom is 0.272 e. The van der Waals surface area contributed by atoms with Crippen LogP contribution in [0.15, 0.2) is 108 Å². The summed E-state index contributed by atoms with van der Waals surface area (Å²) < 4.78 is 10.7. The predicted octanol–water partition coefficient (Wildman–Crippen LogP) is 6.45. The molecule has 7 nitrogen and oxygen atoms in total. The van der Waals surface area contributed by atoms with Crippen molar-refractivity contribution in [3.63, 3.8) is 0 Å². The molecule has 9 heteroatoms. The van der Waals surface area contributed by atoms with Gasteiger partial charge in [-0.2, -0.15) is 0 Å². The Labute approximate surface area is 240 Å². The van der Waals surface area contributed by atoms with Gasteiger partial charge in [-0.25, -0.2) is 0 Å². The lowest BCUT2D eigenvalue weighted by Gasteiger charge is -2.12. The molecule has 0 bridgehead atoms. The first-order valence-corrected chi connectivity index (χ1v) is 13.6. The van der Waals surface area contributed by atoms with E-state index in [-0.39, 0.29) is 24.0 Å². The van der Waals surface area contributed by atoms with Crippen LogP contribution in [0.3, 0.4) is 0 Å². The van der Waals surface area contributed by atoms with E-state index in [1.807, 2.05) is 6.07 Å². The van der Waals surface area contributed by atoms with Crippen LogP contribution < -0.4 is 20.1 Å². The minimum atomic E-state index is -0.525. The normalized spacial score (nSPS) is 12.1. The number of carbonyl (C=O) groups is 3. The van der Waals surface area contributed by atoms with E-state index in [9.17, 15) is 14.4 Å². The second-order valence-electron chi connectivity index (χ2n) is 8.66. The monoisotopic (exact) mass is 570 g/mol. The zero-order valence-corrected chi connectivity index (χ0v) is 22.6. The van der Waals surface area contributed by atoms with Crippen molar-refractivity contribution in [3.8, 4) is 11.5 Å². The van der Waals surface area contributed by atoms with E-state index in [1.54, 1.807) is 91.0 Å². The van der Waals surface area contributed by atoms with Crippen molar-refractivity contribution < 1.29 is 23.9 Å². The van der Waals surface area contributed by atoms with E-state index in [2.05, 4.69) is 10.6 Å². The third kappa shape index (κ3) is 6.72. The summed E-state index contributed by atoms with van der Waals surface area (Å²) in [5.41, 5.74) is 2.05. The summed E-state index contributed by atoms with van der Waals surface area (Å²) in [6, 6.07) is 27.9. The van der Waals surface area contributed by atoms with E-state index < -0.39 is 11.8 Å². The molecule has 0 aliphatic carbocycles. The van der Waals surface area contributed by atoms with Gasteiger partial charge >= 0.3 is 0 Å². The Morgan fingerprint density at radius 3 is 2.42 bits per heavy atom. The number of anilines is 1. The Morgan fingerprint density at radius 2 is 1.60 bits per heavy atom. The molecule has 2 amide bonds. The second-order valence-corrected chi connectivity index (χ2v) is 10.1. The van der Waals surface area contributed by atoms with Crippen LogP contribution in [0.5, 0.6) is 11.5 Å². The molecule has 0 saturated carbocycles. The molecule has 4 aromatic carbocycles. The highest BCUT2D eigenvalue weighted by atomic mass is 35.5. The molecular formula is C31H23ClN2O5S. The van der Waals surface area contributed by atoms with Gasteiger partial charge < -0.3 is 20.1 Å². The Morgan fingerprint density at radius 1 is 0.825 bits per heavy atom. The van der Waals surface area contributed by atoms with E-state index in [0.29, 0.717) is 38.9 Å². The Bertz CT molecular complexity index is 1610. The van der Waals surface area contributed by atoms with Crippen LogP contribution in [-0.2, 0) is 4.79 Å². The number of amides is 2. The number of ether oxygens (including phenoxy) is 2. The highest BCUT2D eigenvalue weighted by Crippen LogP contribution is 2.33. The molecule has 1 aliphatic rings. The zero-order valence-electron chi connectivity index (χ0n) is 21.1. The summed E-state index contributed by atoms with van der Waals surface area (Å²) in [6.07, 6.45) is 1.53. The van der Waals surface area contributed by atoms with E-state index in [4.69, 9.17) is 21.1 Å². The van der Waals surface area contributed by atoms with Gasteiger partial charge in [-0.15, -0.1) is 11.8 Å². The smallest absolute Gasteiger partial charge is 0.272 e. The van der Waals surface area contributed by atoms with Gasteiger partial charge in [-0.3, -0.25) is 14.4 Å². The quantitative estimate of drug-likeness (QED) is 0.136. The van der Waals surface area contributed by atoms with Gasteiger partial charge in [0.15, 0.2) is 17.3 Å². The number of benzene rings is 4. The van der Waals surface area contributed by atoms with Crippen LogP contribution in [-0.4, -0.2) is 30.1 Å². The number of Topliss-reactive ketones (excluding diaryl/α,β-unsaturated/α-hetero) is 1. The molecule has 0 aromatic heterocycles. The van der Waals surface area contributed by atoms with E-state index >= 15 is 0 Å². The van der Waals surface area contributed by atoms with Gasteiger partial charge in [-0.05, 0) is 66.2 Å². The number of hydrogen-bond donors (Lipinski definition) is 2. The summed E-state index contributed by atoms with van der Waals surface area (Å²) >= 11 is 7.65. The maximum absolute atomic E-state index is 13.3. The first kappa shape index (κ1) is 27.1. The molecule has 1 aliphatic heterocycles. The minimum absolute atomic E-state index is 0.0259. The summed E-state index contributed by atoms with van der Waals surface area (Å²) in [7, 11) is 0. The first-order chi connectivity index (χ1) is 19.5. The molecule has 40 heavy (non-hydrogen) atoms. The van der Waals surface area contributed by atoms with Crippen molar-refractivity contribution in [1.82, 2.24) is 5.32 Å². The number of carbonyl (C=O) groups excluding carboxylic acids is 3. The van der Waals surface area contributed by atoms with E-state index in [1.165, 1.54) is 17.8 Å². The Hall–Kier alpha value is -4.53. The Balaban J connectivity index is 1.29. The number of halogens is 1. The lowest BCUT2D eigenvalue weighted by molar-refractivity contribution is -0.113. The van der Waals surface area contributed by atoms with Crippen LogP contribution in [0.2, 0.25) is 5.02 Å². The second kappa shape index (κ2) is 12.5. The molecule has 5 rings (SSSR count). The largest absolute Gasteiger partial charge is 0.454 e. The molecule has 0 saturated heterocycles. The number of hydrogen-bond acceptors (Lipinski definition) is 6. The van der Waals surface area contributed by atoms with Gasteiger partial charge in [0.05, 0.1) is 5.75 Å². The molecule has 0 fully saturated rings. The Kier molecular flexibility index (Phi) is 8.49. The van der Waals surface area contributed by atoms with Gasteiger partial charge in [0, 0.05) is 26.7 Å². The van der Waals surface area contributed by atoms with Crippen LogP contribution in [0.25, 0.3) is 6.08 Å². The molecule has 0 radical (unpaired) electrons. The van der Waals surface area contributed by atoms with Crippen LogP contribution in [0.4, 0.5) is 5.69 Å². The van der Waals surface area contributed by atoms with E-state index in [0.717, 1.165) is 4.90 Å². The molecule has 0 unspecified atom stereocenters. The zero-order chi connectivity index (χ0) is 27.9. The van der Waals surface area contributed by atoms with Crippen molar-refractivity contribution in [3.05, 3.63) is 124 Å². The van der Waals surface area contributed by atoms with Gasteiger partial charge in [-0.1, -0.05) is 54.1 Å². The van der Waals surface area contributed by atoms with Crippen molar-refractivity contribution in [2.24, 2.45) is 0 Å². The van der Waals surface area contributed by atoms with Gasteiger partial charge in [0.2, 0.25) is 6.79 Å². The summed E-state index contributed by atoms with van der Waals surface area (Å²) in [5, 5.41) is 5.97. The predicted molar refractivity (Wildman–Crippen MR) is 156 cm³/mol. The van der Waals surface area contributed by atoms with Gasteiger partial charge in [0.1, 0.15) is 5.70 Å². The van der Waals surface area contributed by atoms with Crippen LogP contribution in [0, 0.1) is 0 Å². The van der Waals surface area contributed by atoms with Crippen LogP contribution >= 0.6 is 23.4 Å². The van der Waals surface area contributed by atoms with Crippen molar-refractivity contribution in [2.75, 3.05) is 17.9 Å². The first-order valence-electron chi connectivity index (χ1n) is 12.3. The van der Waals surface area contributed by atoms with Crippen molar-refractivity contribution in [2.45, 2.75) is 4.90 Å². The lowest BCUT2D eigenvalue weighted by Crippen LogP contribution is -2.30. The molecule has 1 heterocycles. The number of thioether (sulfide) groups is 1. The molecule has 4 aromatic rings. The minimum Gasteiger partial charge on any atom is -0.454 e. The molecule has 0 atom stereocenters. The van der Waals surface area contributed by atoms with Gasteiger partial charge in [0.25, 0.3) is 11.8 Å². The summed E-state index contributed by atoms with van der Waals surface area (Å²) in [6.45, 7) is 0.144. The average Bonchev–Trinajstić information content (AvgIpc) is 3.45. The molecule has 200 valence electrons. The molecule has 2 N–H and O–H groups in total. The topological polar surface area (TPSA) is 93.7 Å². The highest BCUT2D eigenvalue weighted by molar-refractivity contribution is 8.00. The number of fused-ring (bicyclic) bond motifs is 1. The number of ketones is 1. The maximum atomic E-state index is 13.3. The van der Waals surface area contributed by atoms with Crippen molar-refractivity contribution >= 4 is 52.7 Å². The standard InChI is InChI=1S/C31H23ClN2O5S/c32-25-12-5-4-9-21(25)15-26(34-30(36)20-7-2-1-3-8-20)31(37)33-23-10-6-11-24(17-23)40-18-27(35)22-13-14-28-29(16-22)39-19-38-28/h1-17H,18-19H2,(H,33,37)(H,34,36)/b26-15-. The summed E-state index contributed by atoms with van der Waals surface area (Å²) in [4.78, 5) is 39.7. The van der Waals surface area contributed by atoms with Crippen molar-refractivity contribution in [1.29, 1.82) is 0 Å². The highest BCUT2D eigenvalue weighted by Gasteiger charge is 2.18. The number of rotatable bonds is 9. The fourth-order valence-electron chi connectivity index (χ4n) is 3.85. The fraction of sp³-hybridized carbons (Fsp3) is 0.0645. The number of nitrogens with one attached hydrogen (secondary N) is 2. The summed E-state index contributed by atoms with van der Waals surface area (Å²) in [5.74, 6) is 0.354. The molecule has 0 spiro atoms. The fourth-order valence-corrected chi connectivity index (χ4v) is 4.89. The third-order valence-electron chi connectivity index (χ3n) is 5.89. The molecular weight excluding hydrogens is 548 g/mol. The third-order valence-corrected chi connectivity index (χ3v) is 7.23. The SMILES string of the molecule is O=C(Nc1cccc(SCC(=O)c2ccc3c(c2)OCO3)c1)/C(=C/c1ccccc1Cl)NC(=O)c1ccccc1. The lowest BCUT2D eigenvalue weighted by atomic mass is 10.1.